The second kappa shape index (κ2) is 8.34. The number of piperidine rings is 1. The van der Waals surface area contributed by atoms with Crippen LogP contribution in [0.3, 0.4) is 0 Å². The van der Waals surface area contributed by atoms with Gasteiger partial charge in [-0.3, -0.25) is 14.6 Å². The van der Waals surface area contributed by atoms with Crippen LogP contribution in [-0.4, -0.2) is 69.0 Å². The van der Waals surface area contributed by atoms with Crippen molar-refractivity contribution in [2.75, 3.05) is 33.7 Å². The van der Waals surface area contributed by atoms with Crippen LogP contribution in [0.25, 0.3) is 0 Å². The number of H-pyrrole nitrogens is 2. The molecular weight excluding hydrogens is 348 g/mol. The predicted molar refractivity (Wildman–Crippen MR) is 101 cm³/mol. The highest BCUT2D eigenvalue weighted by molar-refractivity contribution is 5.78. The lowest BCUT2D eigenvalue weighted by Crippen LogP contribution is -2.41. The Hall–Kier alpha value is -2.68. The van der Waals surface area contributed by atoms with Gasteiger partial charge in [0.1, 0.15) is 5.82 Å². The first-order chi connectivity index (χ1) is 12.9. The van der Waals surface area contributed by atoms with Crippen molar-refractivity contribution in [3.8, 4) is 0 Å². The highest BCUT2D eigenvalue weighted by atomic mass is 16.2. The van der Waals surface area contributed by atoms with Gasteiger partial charge in [-0.1, -0.05) is 0 Å². The molecule has 0 aliphatic carbocycles. The number of aromatic nitrogens is 4. The first kappa shape index (κ1) is 19.1. The molecule has 1 saturated heterocycles. The summed E-state index contributed by atoms with van der Waals surface area (Å²) in [6.45, 7) is 3.06. The quantitative estimate of drug-likeness (QED) is 0.726. The van der Waals surface area contributed by atoms with Crippen molar-refractivity contribution in [2.45, 2.75) is 31.7 Å². The van der Waals surface area contributed by atoms with E-state index >= 15 is 0 Å². The van der Waals surface area contributed by atoms with Crippen molar-refractivity contribution in [3.63, 3.8) is 0 Å². The average Bonchev–Trinajstić information content (AvgIpc) is 3.11. The van der Waals surface area contributed by atoms with Gasteiger partial charge in [0.2, 0.25) is 5.91 Å². The number of hydrogen-bond acceptors (Lipinski definition) is 5. The van der Waals surface area contributed by atoms with E-state index in [1.807, 2.05) is 26.5 Å². The summed E-state index contributed by atoms with van der Waals surface area (Å²) in [5.41, 5.74) is -0.812. The van der Waals surface area contributed by atoms with Crippen molar-refractivity contribution in [2.24, 2.45) is 0 Å². The van der Waals surface area contributed by atoms with Gasteiger partial charge < -0.3 is 19.4 Å². The molecule has 2 aromatic heterocycles. The molecule has 27 heavy (non-hydrogen) atoms. The number of likely N-dealkylation sites (N-methyl/N-ethyl adjacent to an activating group) is 1. The minimum Gasteiger partial charge on any atom is -0.342 e. The number of rotatable bonds is 6. The smallest absolute Gasteiger partial charge is 0.325 e. The Morgan fingerprint density at radius 3 is 2.93 bits per heavy atom. The van der Waals surface area contributed by atoms with E-state index in [0.717, 1.165) is 31.8 Å². The van der Waals surface area contributed by atoms with Gasteiger partial charge in [-0.05, 0) is 26.9 Å². The summed E-state index contributed by atoms with van der Waals surface area (Å²) in [5.74, 6) is 1.09. The van der Waals surface area contributed by atoms with Crippen molar-refractivity contribution >= 4 is 5.91 Å². The molecule has 1 amide bonds. The van der Waals surface area contributed by atoms with Crippen LogP contribution in [0, 0.1) is 0 Å². The number of hydrogen-bond donors (Lipinski definition) is 2. The lowest BCUT2D eigenvalue weighted by Gasteiger charge is -2.33. The van der Waals surface area contributed by atoms with E-state index in [0.29, 0.717) is 13.1 Å². The van der Waals surface area contributed by atoms with E-state index < -0.39 is 11.2 Å². The van der Waals surface area contributed by atoms with Crippen LogP contribution in [0.5, 0.6) is 0 Å². The molecule has 1 fully saturated rings. The molecule has 146 valence electrons. The van der Waals surface area contributed by atoms with Crippen LogP contribution < -0.4 is 11.2 Å². The molecule has 1 aliphatic rings. The summed E-state index contributed by atoms with van der Waals surface area (Å²) in [7, 11) is 4.08. The second-order valence-electron chi connectivity index (χ2n) is 7.23. The number of carbonyl (C=O) groups excluding carboxylic acids is 1. The van der Waals surface area contributed by atoms with E-state index in [9.17, 15) is 14.4 Å². The fraction of sp³-hybridized carbons (Fsp3) is 0.556. The number of imidazole rings is 1. The van der Waals surface area contributed by atoms with Crippen LogP contribution in [-0.2, 0) is 17.8 Å². The molecule has 2 aromatic rings. The molecule has 0 spiro atoms. The highest BCUT2D eigenvalue weighted by Gasteiger charge is 2.27. The summed E-state index contributed by atoms with van der Waals surface area (Å²) < 4.78 is 2.16. The summed E-state index contributed by atoms with van der Waals surface area (Å²) in [4.78, 5) is 48.6. The van der Waals surface area contributed by atoms with Crippen LogP contribution in [0.1, 0.15) is 30.1 Å². The summed E-state index contributed by atoms with van der Waals surface area (Å²) in [6, 6.07) is 0. The molecule has 3 heterocycles. The normalized spacial score (nSPS) is 17.4. The van der Waals surface area contributed by atoms with Crippen LogP contribution in [0.15, 0.2) is 28.2 Å². The average molecular weight is 374 g/mol. The Bertz CT molecular complexity index is 897. The number of aromatic amines is 2. The van der Waals surface area contributed by atoms with Crippen molar-refractivity contribution in [1.29, 1.82) is 0 Å². The first-order valence-corrected chi connectivity index (χ1v) is 9.18. The van der Waals surface area contributed by atoms with Crippen molar-refractivity contribution < 1.29 is 4.79 Å². The lowest BCUT2D eigenvalue weighted by molar-refractivity contribution is -0.131. The van der Waals surface area contributed by atoms with E-state index in [-0.39, 0.29) is 23.8 Å². The third-order valence-corrected chi connectivity index (χ3v) is 4.91. The zero-order valence-corrected chi connectivity index (χ0v) is 15.8. The molecular formula is C18H26N6O3. The van der Waals surface area contributed by atoms with Gasteiger partial charge in [-0.15, -0.1) is 0 Å². The molecule has 0 aromatic carbocycles. The fourth-order valence-corrected chi connectivity index (χ4v) is 3.44. The number of carbonyl (C=O) groups is 1. The largest absolute Gasteiger partial charge is 0.342 e. The van der Waals surface area contributed by atoms with Crippen LogP contribution in [0.4, 0.5) is 0 Å². The number of nitrogens with one attached hydrogen (secondary N) is 2. The third-order valence-electron chi connectivity index (χ3n) is 4.91. The Labute approximate surface area is 157 Å². The van der Waals surface area contributed by atoms with Crippen LogP contribution >= 0.6 is 0 Å². The molecule has 0 radical (unpaired) electrons. The van der Waals surface area contributed by atoms with E-state index in [2.05, 4.69) is 24.4 Å². The van der Waals surface area contributed by atoms with Crippen molar-refractivity contribution in [1.82, 2.24) is 29.3 Å². The van der Waals surface area contributed by atoms with Gasteiger partial charge in [-0.25, -0.2) is 9.78 Å². The highest BCUT2D eigenvalue weighted by Crippen LogP contribution is 2.26. The first-order valence-electron chi connectivity index (χ1n) is 9.18. The van der Waals surface area contributed by atoms with E-state index in [1.165, 1.54) is 6.20 Å². The zero-order chi connectivity index (χ0) is 19.4. The van der Waals surface area contributed by atoms with E-state index in [4.69, 9.17) is 0 Å². The maximum absolute atomic E-state index is 12.7. The number of likely N-dealkylation sites (tertiary alicyclic amines) is 1. The van der Waals surface area contributed by atoms with Gasteiger partial charge >= 0.3 is 5.69 Å². The maximum atomic E-state index is 12.7. The molecule has 3 rings (SSSR count). The van der Waals surface area contributed by atoms with Gasteiger partial charge in [0.05, 0.1) is 6.42 Å². The maximum Gasteiger partial charge on any atom is 0.325 e. The molecule has 2 N–H and O–H groups in total. The van der Waals surface area contributed by atoms with Gasteiger partial charge in [0.25, 0.3) is 5.56 Å². The monoisotopic (exact) mass is 374 g/mol. The minimum atomic E-state index is -0.571. The van der Waals surface area contributed by atoms with Gasteiger partial charge in [-0.2, -0.15) is 0 Å². The lowest BCUT2D eigenvalue weighted by atomic mass is 9.96. The molecule has 0 bridgehead atoms. The Morgan fingerprint density at radius 1 is 1.37 bits per heavy atom. The molecule has 9 nitrogen and oxygen atoms in total. The summed E-state index contributed by atoms with van der Waals surface area (Å²) >= 11 is 0. The Kier molecular flexibility index (Phi) is 5.90. The van der Waals surface area contributed by atoms with Gasteiger partial charge in [0.15, 0.2) is 0 Å². The summed E-state index contributed by atoms with van der Waals surface area (Å²) in [5, 5.41) is 0. The third kappa shape index (κ3) is 4.73. The van der Waals surface area contributed by atoms with Gasteiger partial charge in [0, 0.05) is 56.3 Å². The number of nitrogens with zero attached hydrogens (tertiary/aromatic N) is 4. The number of amides is 1. The SMILES string of the molecule is CN(C)CCn1ccnc1[C@@H]1CCCN(C(=O)Cc2c[nH]c(=O)[nH]c2=O)C1. The second-order valence-corrected chi connectivity index (χ2v) is 7.23. The van der Waals surface area contributed by atoms with Crippen molar-refractivity contribution in [3.05, 3.63) is 50.8 Å². The minimum absolute atomic E-state index is 0.0199. The zero-order valence-electron chi connectivity index (χ0n) is 15.8. The van der Waals surface area contributed by atoms with E-state index in [1.54, 1.807) is 4.90 Å². The molecule has 0 saturated carbocycles. The molecule has 9 heteroatoms. The molecule has 0 unspecified atom stereocenters. The predicted octanol–water partition coefficient (Wildman–Crippen LogP) is -0.230. The Balaban J connectivity index is 1.67. The topological polar surface area (TPSA) is 107 Å². The molecule has 1 atom stereocenters. The standard InChI is InChI=1S/C18H26N6O3/c1-22(2)8-9-23-7-5-19-16(23)13-4-3-6-24(12-13)15(25)10-14-11-20-18(27)21-17(14)26/h5,7,11,13H,3-4,6,8-10,12H2,1-2H3,(H2,20,21,26,27)/t13-/m1/s1. The fourth-order valence-electron chi connectivity index (χ4n) is 3.44. The Morgan fingerprint density at radius 2 is 2.19 bits per heavy atom. The molecule has 1 aliphatic heterocycles. The summed E-state index contributed by atoms with van der Waals surface area (Å²) in [6.07, 6.45) is 6.98. The van der Waals surface area contributed by atoms with Crippen LogP contribution in [0.2, 0.25) is 0 Å².